The van der Waals surface area contributed by atoms with Gasteiger partial charge in [0, 0.05) is 24.4 Å². The number of anilines is 1. The van der Waals surface area contributed by atoms with Crippen molar-refractivity contribution < 1.29 is 9.53 Å². The number of ether oxygens (including phenoxy) is 1. The molecule has 1 N–H and O–H groups in total. The van der Waals surface area contributed by atoms with Gasteiger partial charge < -0.3 is 15.0 Å². The SMILES string of the molecule is COc1ccc(CN(C)CCC(=O)Nc2sc3c(c2C#N)CCCCC3)cc1. The molecule has 0 unspecified atom stereocenters. The molecule has 1 aliphatic rings. The fourth-order valence-corrected chi connectivity index (χ4v) is 4.81. The van der Waals surface area contributed by atoms with Crippen LogP contribution in [0.15, 0.2) is 24.3 Å². The highest BCUT2D eigenvalue weighted by Gasteiger charge is 2.21. The number of nitrogens with zero attached hydrogens (tertiary/aromatic N) is 2. The molecule has 0 saturated carbocycles. The quantitative estimate of drug-likeness (QED) is 0.705. The highest BCUT2D eigenvalue weighted by Crippen LogP contribution is 2.37. The number of fused-ring (bicyclic) bond motifs is 1. The van der Waals surface area contributed by atoms with Gasteiger partial charge in [0.25, 0.3) is 0 Å². The number of benzene rings is 1. The third-order valence-electron chi connectivity index (χ3n) is 5.12. The first-order valence-electron chi connectivity index (χ1n) is 9.76. The van der Waals surface area contributed by atoms with Crippen LogP contribution in [0.4, 0.5) is 5.00 Å². The molecule has 0 atom stereocenters. The molecule has 1 amide bonds. The Morgan fingerprint density at radius 1 is 1.25 bits per heavy atom. The van der Waals surface area contributed by atoms with Crippen molar-refractivity contribution in [3.05, 3.63) is 45.8 Å². The van der Waals surface area contributed by atoms with E-state index in [0.29, 0.717) is 18.5 Å². The maximum atomic E-state index is 12.4. The molecule has 0 bridgehead atoms. The van der Waals surface area contributed by atoms with Crippen LogP contribution in [-0.4, -0.2) is 31.5 Å². The Hall–Kier alpha value is -2.36. The van der Waals surface area contributed by atoms with Gasteiger partial charge in [-0.1, -0.05) is 18.6 Å². The van der Waals surface area contributed by atoms with E-state index >= 15 is 0 Å². The van der Waals surface area contributed by atoms with Gasteiger partial charge in [0.2, 0.25) is 5.91 Å². The summed E-state index contributed by atoms with van der Waals surface area (Å²) in [4.78, 5) is 15.8. The number of thiophene rings is 1. The van der Waals surface area contributed by atoms with Gasteiger partial charge in [-0.25, -0.2) is 0 Å². The zero-order valence-electron chi connectivity index (χ0n) is 16.6. The molecule has 1 aromatic heterocycles. The number of carbonyl (C=O) groups excluding carboxylic acids is 1. The molecule has 6 heteroatoms. The molecule has 5 nitrogen and oxygen atoms in total. The number of nitriles is 1. The monoisotopic (exact) mass is 397 g/mol. The van der Waals surface area contributed by atoms with E-state index in [-0.39, 0.29) is 5.91 Å². The molecule has 1 aliphatic carbocycles. The van der Waals surface area contributed by atoms with Crippen molar-refractivity contribution in [3.8, 4) is 11.8 Å². The number of hydrogen-bond acceptors (Lipinski definition) is 5. The van der Waals surface area contributed by atoms with Crippen molar-refractivity contribution >= 4 is 22.2 Å². The van der Waals surface area contributed by atoms with Crippen molar-refractivity contribution in [2.24, 2.45) is 0 Å². The van der Waals surface area contributed by atoms with Crippen molar-refractivity contribution in [3.63, 3.8) is 0 Å². The Morgan fingerprint density at radius 3 is 2.71 bits per heavy atom. The maximum absolute atomic E-state index is 12.4. The largest absolute Gasteiger partial charge is 0.497 e. The number of carbonyl (C=O) groups is 1. The van der Waals surface area contributed by atoms with Gasteiger partial charge in [0.1, 0.15) is 16.8 Å². The van der Waals surface area contributed by atoms with Crippen LogP contribution in [0.3, 0.4) is 0 Å². The van der Waals surface area contributed by atoms with E-state index in [0.717, 1.165) is 42.1 Å². The molecule has 148 valence electrons. The highest BCUT2D eigenvalue weighted by molar-refractivity contribution is 7.16. The average molecular weight is 398 g/mol. The van der Waals surface area contributed by atoms with Gasteiger partial charge in [0.05, 0.1) is 12.7 Å². The molecule has 2 aromatic rings. The summed E-state index contributed by atoms with van der Waals surface area (Å²) in [5, 5.41) is 13.3. The van der Waals surface area contributed by atoms with Gasteiger partial charge >= 0.3 is 0 Å². The summed E-state index contributed by atoms with van der Waals surface area (Å²) in [7, 11) is 3.66. The minimum Gasteiger partial charge on any atom is -0.497 e. The van der Waals surface area contributed by atoms with Crippen molar-refractivity contribution in [1.82, 2.24) is 4.90 Å². The average Bonchev–Trinajstić information content (AvgIpc) is 2.86. The topological polar surface area (TPSA) is 65.4 Å². The first kappa shape index (κ1) is 20.4. The van der Waals surface area contributed by atoms with E-state index in [4.69, 9.17) is 4.74 Å². The number of rotatable bonds is 7. The molecule has 0 saturated heterocycles. The molecule has 1 heterocycles. The Kier molecular flexibility index (Phi) is 7.07. The Balaban J connectivity index is 1.53. The van der Waals surface area contributed by atoms with Gasteiger partial charge in [-0.3, -0.25) is 4.79 Å². The zero-order valence-corrected chi connectivity index (χ0v) is 17.4. The first-order valence-corrected chi connectivity index (χ1v) is 10.6. The van der Waals surface area contributed by atoms with Gasteiger partial charge in [-0.15, -0.1) is 11.3 Å². The Labute approximate surface area is 170 Å². The molecular weight excluding hydrogens is 370 g/mol. The predicted molar refractivity (Wildman–Crippen MR) is 113 cm³/mol. The van der Waals surface area contributed by atoms with Crippen molar-refractivity contribution in [2.45, 2.75) is 45.1 Å². The number of nitrogens with one attached hydrogen (secondary N) is 1. The minimum absolute atomic E-state index is 0.0329. The molecule has 0 aliphatic heterocycles. The van der Waals surface area contributed by atoms with Gasteiger partial charge in [0.15, 0.2) is 0 Å². The normalized spacial score (nSPS) is 13.5. The van der Waals surface area contributed by atoms with Crippen LogP contribution in [0.2, 0.25) is 0 Å². The minimum atomic E-state index is -0.0329. The summed E-state index contributed by atoms with van der Waals surface area (Å²) in [6.07, 6.45) is 5.89. The van der Waals surface area contributed by atoms with Gasteiger partial charge in [-0.2, -0.15) is 5.26 Å². The number of aryl methyl sites for hydroxylation is 1. The molecule has 3 rings (SSSR count). The summed E-state index contributed by atoms with van der Waals surface area (Å²) in [6, 6.07) is 10.3. The lowest BCUT2D eigenvalue weighted by Gasteiger charge is -2.16. The maximum Gasteiger partial charge on any atom is 0.226 e. The van der Waals surface area contributed by atoms with Crippen LogP contribution in [0, 0.1) is 11.3 Å². The molecule has 28 heavy (non-hydrogen) atoms. The number of hydrogen-bond donors (Lipinski definition) is 1. The second-order valence-electron chi connectivity index (χ2n) is 7.26. The highest BCUT2D eigenvalue weighted by atomic mass is 32.1. The standard InChI is InChI=1S/C22H27N3O2S/c1-25(15-16-8-10-17(27-2)11-9-16)13-12-21(26)24-22-19(14-23)18-6-4-3-5-7-20(18)28-22/h8-11H,3-7,12-13,15H2,1-2H3,(H,24,26). The van der Waals surface area contributed by atoms with E-state index in [2.05, 4.69) is 16.3 Å². The van der Waals surface area contributed by atoms with E-state index in [9.17, 15) is 10.1 Å². The van der Waals surface area contributed by atoms with E-state index in [1.165, 1.54) is 23.3 Å². The zero-order chi connectivity index (χ0) is 19.9. The Bertz CT molecular complexity index is 852. The van der Waals surface area contributed by atoms with Crippen LogP contribution < -0.4 is 10.1 Å². The smallest absolute Gasteiger partial charge is 0.226 e. The summed E-state index contributed by atoms with van der Waals surface area (Å²) < 4.78 is 5.18. The molecule has 0 fully saturated rings. The van der Waals surface area contributed by atoms with Crippen LogP contribution in [0.5, 0.6) is 5.75 Å². The molecule has 0 radical (unpaired) electrons. The molecule has 1 aromatic carbocycles. The summed E-state index contributed by atoms with van der Waals surface area (Å²) in [5.74, 6) is 0.808. The first-order chi connectivity index (χ1) is 13.6. The van der Waals surface area contributed by atoms with Crippen LogP contribution in [-0.2, 0) is 24.2 Å². The van der Waals surface area contributed by atoms with E-state index in [1.54, 1.807) is 18.4 Å². The predicted octanol–water partition coefficient (Wildman–Crippen LogP) is 4.36. The number of amides is 1. The second kappa shape index (κ2) is 9.72. The fourth-order valence-electron chi connectivity index (χ4n) is 3.55. The van der Waals surface area contributed by atoms with E-state index in [1.807, 2.05) is 31.3 Å². The third kappa shape index (κ3) is 5.12. The fraction of sp³-hybridized carbons (Fsp3) is 0.455. The van der Waals surface area contributed by atoms with Crippen LogP contribution in [0.25, 0.3) is 0 Å². The van der Waals surface area contributed by atoms with Crippen LogP contribution >= 0.6 is 11.3 Å². The Morgan fingerprint density at radius 2 is 2.00 bits per heavy atom. The number of methoxy groups -OCH3 is 1. The second-order valence-corrected chi connectivity index (χ2v) is 8.37. The lowest BCUT2D eigenvalue weighted by atomic mass is 10.1. The summed E-state index contributed by atoms with van der Waals surface area (Å²) in [5.41, 5.74) is 3.02. The molecular formula is C22H27N3O2S. The van der Waals surface area contributed by atoms with Crippen LogP contribution in [0.1, 0.15) is 47.3 Å². The summed E-state index contributed by atoms with van der Waals surface area (Å²) >= 11 is 1.59. The lowest BCUT2D eigenvalue weighted by molar-refractivity contribution is -0.116. The third-order valence-corrected chi connectivity index (χ3v) is 6.33. The molecule has 0 spiro atoms. The van der Waals surface area contributed by atoms with Crippen molar-refractivity contribution in [2.75, 3.05) is 26.0 Å². The summed E-state index contributed by atoms with van der Waals surface area (Å²) in [6.45, 7) is 1.43. The van der Waals surface area contributed by atoms with Crippen molar-refractivity contribution in [1.29, 1.82) is 5.26 Å². The van der Waals surface area contributed by atoms with E-state index < -0.39 is 0 Å². The van der Waals surface area contributed by atoms with Gasteiger partial charge in [-0.05, 0) is 56.0 Å². The lowest BCUT2D eigenvalue weighted by Crippen LogP contribution is -2.24.